The maximum atomic E-state index is 12.1. The van der Waals surface area contributed by atoms with Gasteiger partial charge in [0.25, 0.3) is 11.1 Å². The van der Waals surface area contributed by atoms with Crippen LogP contribution in [0.15, 0.2) is 86.3 Å². The van der Waals surface area contributed by atoms with Crippen molar-refractivity contribution in [3.8, 4) is 0 Å². The summed E-state index contributed by atoms with van der Waals surface area (Å²) in [6.07, 6.45) is 4.79. The number of imidazole rings is 1. The number of hydrogen-bond acceptors (Lipinski definition) is 6. The third kappa shape index (κ3) is 6.29. The first kappa shape index (κ1) is 32.8. The van der Waals surface area contributed by atoms with E-state index in [9.17, 15) is 19.2 Å². The fourth-order valence-electron chi connectivity index (χ4n) is 5.29. The van der Waals surface area contributed by atoms with Crippen molar-refractivity contribution in [3.63, 3.8) is 0 Å². The molecule has 0 aliphatic heterocycles. The van der Waals surface area contributed by atoms with Crippen LogP contribution in [0.2, 0.25) is 0 Å². The molecule has 11 heteroatoms. The number of hydrogen-bond donors (Lipinski definition) is 0. The molecule has 6 rings (SSSR count). The van der Waals surface area contributed by atoms with Gasteiger partial charge in [-0.3, -0.25) is 32.8 Å². The van der Waals surface area contributed by atoms with Crippen molar-refractivity contribution in [1.82, 2.24) is 32.8 Å². The van der Waals surface area contributed by atoms with Crippen LogP contribution in [0.3, 0.4) is 0 Å². The number of pyridine rings is 3. The van der Waals surface area contributed by atoms with Crippen molar-refractivity contribution in [2.45, 2.75) is 59.5 Å². The molecule has 0 aliphatic rings. The van der Waals surface area contributed by atoms with E-state index in [0.29, 0.717) is 10.9 Å². The highest BCUT2D eigenvalue weighted by molar-refractivity contribution is 5.79. The molecule has 0 N–H and O–H groups in total. The summed E-state index contributed by atoms with van der Waals surface area (Å²) in [5.74, 6) is 0.272. The highest BCUT2D eigenvalue weighted by Gasteiger charge is 2.14. The summed E-state index contributed by atoms with van der Waals surface area (Å²) in [4.78, 5) is 56.0. The monoisotopic (exact) mass is 611 g/mol. The largest absolute Gasteiger partial charge is 0.331 e. The summed E-state index contributed by atoms with van der Waals surface area (Å²) in [6, 6.07) is 15.3. The van der Waals surface area contributed by atoms with Crippen LogP contribution in [0.4, 0.5) is 0 Å². The molecule has 0 unspecified atom stereocenters. The standard InChI is InChI=1S/C13H15NO.C11H13N3O2.C10H13N3O/c1-9(2)11-8-10-6-4-5-7-12(10)14(3)13(11)15;1-7(2)14-10(15)8-4-5-12-6-9(8)13(3)11(14)16;1-7(2)13-9-8(5-4-6-11-9)12(3)10(13)14/h4-9H,1-3H3;4-7H,1-3H3;4-7H,1-3H3. The van der Waals surface area contributed by atoms with Gasteiger partial charge >= 0.3 is 11.4 Å². The van der Waals surface area contributed by atoms with Gasteiger partial charge in [-0.1, -0.05) is 32.0 Å². The van der Waals surface area contributed by atoms with Gasteiger partial charge < -0.3 is 4.57 Å². The summed E-state index contributed by atoms with van der Waals surface area (Å²) in [6.45, 7) is 11.7. The fourth-order valence-corrected chi connectivity index (χ4v) is 5.29. The second-order valence-electron chi connectivity index (χ2n) is 11.8. The molecule has 0 spiro atoms. The van der Waals surface area contributed by atoms with Gasteiger partial charge in [0.1, 0.15) is 0 Å². The zero-order valence-electron chi connectivity index (χ0n) is 27.3. The second-order valence-corrected chi connectivity index (χ2v) is 11.8. The Hall–Kier alpha value is -5.06. The maximum Gasteiger partial charge on any atom is 0.331 e. The van der Waals surface area contributed by atoms with Crippen LogP contribution in [-0.4, -0.2) is 32.8 Å². The van der Waals surface area contributed by atoms with E-state index in [1.54, 1.807) is 46.3 Å². The first-order chi connectivity index (χ1) is 21.3. The molecular formula is C34H41N7O4. The summed E-state index contributed by atoms with van der Waals surface area (Å²) >= 11 is 0. The predicted molar refractivity (Wildman–Crippen MR) is 180 cm³/mol. The summed E-state index contributed by atoms with van der Waals surface area (Å²) < 4.78 is 7.76. The number of para-hydroxylation sites is 1. The molecular weight excluding hydrogens is 570 g/mol. The van der Waals surface area contributed by atoms with Crippen molar-refractivity contribution in [1.29, 1.82) is 0 Å². The Morgan fingerprint density at radius 3 is 1.87 bits per heavy atom. The minimum atomic E-state index is -0.305. The number of aromatic nitrogens is 7. The topological polar surface area (TPSA) is 119 Å². The lowest BCUT2D eigenvalue weighted by Crippen LogP contribution is -2.40. The lowest BCUT2D eigenvalue weighted by molar-refractivity contribution is 0.532. The van der Waals surface area contributed by atoms with Crippen molar-refractivity contribution in [3.05, 3.63) is 114 Å². The number of fused-ring (bicyclic) bond motifs is 3. The van der Waals surface area contributed by atoms with Crippen LogP contribution in [0.1, 0.15) is 65.1 Å². The second kappa shape index (κ2) is 13.3. The molecule has 6 aromatic rings. The van der Waals surface area contributed by atoms with Crippen molar-refractivity contribution >= 4 is 33.0 Å². The average Bonchev–Trinajstić information content (AvgIpc) is 3.27. The van der Waals surface area contributed by atoms with Crippen molar-refractivity contribution in [2.24, 2.45) is 21.1 Å². The molecule has 0 amide bonds. The molecule has 0 saturated heterocycles. The Kier molecular flexibility index (Phi) is 9.70. The van der Waals surface area contributed by atoms with Gasteiger partial charge in [-0.15, -0.1) is 0 Å². The number of benzene rings is 1. The predicted octanol–water partition coefficient (Wildman–Crippen LogP) is 4.65. The Balaban J connectivity index is 0.000000154. The van der Waals surface area contributed by atoms with Gasteiger partial charge in [0.2, 0.25) is 0 Å². The van der Waals surface area contributed by atoms with Crippen molar-refractivity contribution < 1.29 is 0 Å². The van der Waals surface area contributed by atoms with Gasteiger partial charge in [0, 0.05) is 51.2 Å². The molecule has 0 saturated carbocycles. The van der Waals surface area contributed by atoms with E-state index < -0.39 is 0 Å². The molecule has 5 heterocycles. The van der Waals surface area contributed by atoms with Crippen LogP contribution < -0.4 is 22.5 Å². The Labute approximate surface area is 260 Å². The van der Waals surface area contributed by atoms with Crippen LogP contribution in [0.5, 0.6) is 0 Å². The van der Waals surface area contributed by atoms with E-state index in [2.05, 4.69) is 9.97 Å². The molecule has 45 heavy (non-hydrogen) atoms. The third-order valence-corrected chi connectivity index (χ3v) is 7.77. The molecule has 1 aromatic carbocycles. The number of rotatable bonds is 3. The maximum absolute atomic E-state index is 12.1. The Morgan fingerprint density at radius 1 is 0.622 bits per heavy atom. The number of nitrogens with zero attached hydrogens (tertiary/aromatic N) is 7. The highest BCUT2D eigenvalue weighted by atomic mass is 16.2. The third-order valence-electron chi connectivity index (χ3n) is 7.77. The van der Waals surface area contributed by atoms with Crippen molar-refractivity contribution in [2.75, 3.05) is 0 Å². The lowest BCUT2D eigenvalue weighted by Gasteiger charge is -2.12. The van der Waals surface area contributed by atoms with E-state index >= 15 is 0 Å². The quantitative estimate of drug-likeness (QED) is 0.287. The summed E-state index contributed by atoms with van der Waals surface area (Å²) in [7, 11) is 5.24. The molecule has 11 nitrogen and oxygen atoms in total. The fraction of sp³-hybridized carbons (Fsp3) is 0.353. The molecule has 0 radical (unpaired) electrons. The Bertz CT molecular complexity index is 2230. The molecule has 5 aromatic heterocycles. The van der Waals surface area contributed by atoms with Crippen LogP contribution in [0.25, 0.3) is 33.0 Å². The summed E-state index contributed by atoms with van der Waals surface area (Å²) in [5.41, 5.74) is 3.63. The molecule has 236 valence electrons. The van der Waals surface area contributed by atoms with Gasteiger partial charge in [-0.25, -0.2) is 14.6 Å². The smallest absolute Gasteiger partial charge is 0.311 e. The molecule has 0 fully saturated rings. The van der Waals surface area contributed by atoms with Crippen LogP contribution in [0, 0.1) is 0 Å². The van der Waals surface area contributed by atoms with Gasteiger partial charge in [0.15, 0.2) is 5.65 Å². The van der Waals surface area contributed by atoms with Gasteiger partial charge in [-0.05, 0) is 69.3 Å². The number of aryl methyl sites for hydroxylation is 3. The van der Waals surface area contributed by atoms with Gasteiger partial charge in [-0.2, -0.15) is 0 Å². The first-order valence-electron chi connectivity index (χ1n) is 14.9. The molecule has 0 atom stereocenters. The normalized spacial score (nSPS) is 11.3. The zero-order valence-corrected chi connectivity index (χ0v) is 27.3. The van der Waals surface area contributed by atoms with E-state index in [1.807, 2.05) is 91.1 Å². The zero-order chi connectivity index (χ0) is 33.2. The lowest BCUT2D eigenvalue weighted by atomic mass is 10.0. The van der Waals surface area contributed by atoms with Crippen LogP contribution >= 0.6 is 0 Å². The summed E-state index contributed by atoms with van der Waals surface area (Å²) in [5, 5.41) is 1.65. The minimum absolute atomic E-state index is 0.00583. The molecule has 0 bridgehead atoms. The average molecular weight is 612 g/mol. The van der Waals surface area contributed by atoms with Crippen LogP contribution in [-0.2, 0) is 21.1 Å². The minimum Gasteiger partial charge on any atom is -0.311 e. The molecule has 0 aliphatic carbocycles. The SMILES string of the molecule is CC(C)c1cc2ccccc2n(C)c1=O.CC(C)n1c(=O)c2ccncc2n(C)c1=O.CC(C)n1c(=O)n(C)c2cccnc21. The first-order valence-corrected chi connectivity index (χ1v) is 14.9. The van der Waals surface area contributed by atoms with E-state index in [1.165, 1.54) is 15.3 Å². The Morgan fingerprint density at radius 2 is 1.22 bits per heavy atom. The highest BCUT2D eigenvalue weighted by Crippen LogP contribution is 2.17. The van der Waals surface area contributed by atoms with E-state index in [0.717, 1.165) is 27.6 Å². The van der Waals surface area contributed by atoms with E-state index in [-0.39, 0.29) is 40.5 Å². The van der Waals surface area contributed by atoms with E-state index in [4.69, 9.17) is 0 Å². The van der Waals surface area contributed by atoms with Gasteiger partial charge in [0.05, 0.1) is 28.1 Å².